The largest absolute Gasteiger partial charge is 0.348 e. The first-order chi connectivity index (χ1) is 7.66. The molecule has 4 nitrogen and oxygen atoms in total. The highest BCUT2D eigenvalue weighted by atomic mass is 79.9. The molecule has 0 spiro atoms. The summed E-state index contributed by atoms with van der Waals surface area (Å²) in [6, 6.07) is 2.03. The summed E-state index contributed by atoms with van der Waals surface area (Å²) in [5.74, 6) is 0.573. The number of nitrogens with one attached hydrogen (secondary N) is 1. The molecule has 16 heavy (non-hydrogen) atoms. The molecule has 0 bridgehead atoms. The summed E-state index contributed by atoms with van der Waals surface area (Å²) >= 11 is 5.17. The van der Waals surface area contributed by atoms with E-state index in [1.54, 1.807) is 11.3 Å². The Morgan fingerprint density at radius 3 is 2.75 bits per heavy atom. The van der Waals surface area contributed by atoms with Gasteiger partial charge in [-0.15, -0.1) is 16.4 Å². The number of hydrogen-bond acceptors (Lipinski definition) is 5. The summed E-state index contributed by atoms with van der Waals surface area (Å²) in [6.45, 7) is 4.54. The number of aromatic nitrogens is 3. The van der Waals surface area contributed by atoms with Gasteiger partial charge in [0.2, 0.25) is 5.95 Å². The van der Waals surface area contributed by atoms with E-state index in [0.29, 0.717) is 12.5 Å². The van der Waals surface area contributed by atoms with E-state index < -0.39 is 0 Å². The highest BCUT2D eigenvalue weighted by molar-refractivity contribution is 9.10. The summed E-state index contributed by atoms with van der Waals surface area (Å²) in [4.78, 5) is 5.53. The second-order valence-corrected chi connectivity index (χ2v) is 5.21. The van der Waals surface area contributed by atoms with Crippen molar-refractivity contribution < 1.29 is 0 Å². The van der Waals surface area contributed by atoms with E-state index in [1.165, 1.54) is 4.88 Å². The highest BCUT2D eigenvalue weighted by Crippen LogP contribution is 2.23. The fraction of sp³-hybridized carbons (Fsp3) is 0.300. The molecule has 2 rings (SSSR count). The van der Waals surface area contributed by atoms with Crippen LogP contribution in [0, 0.1) is 13.8 Å². The third-order valence-electron chi connectivity index (χ3n) is 2.19. The smallest absolute Gasteiger partial charge is 0.243 e. The minimum atomic E-state index is 0.573. The molecular formula is C10H11BrN4S. The maximum absolute atomic E-state index is 4.31. The minimum Gasteiger partial charge on any atom is -0.348 e. The Kier molecular flexibility index (Phi) is 3.50. The Bertz CT molecular complexity index is 497. The van der Waals surface area contributed by atoms with Crippen molar-refractivity contribution in [2.45, 2.75) is 20.4 Å². The summed E-state index contributed by atoms with van der Waals surface area (Å²) < 4.78 is 1.11. The van der Waals surface area contributed by atoms with Gasteiger partial charge in [0.1, 0.15) is 0 Å². The van der Waals surface area contributed by atoms with Crippen molar-refractivity contribution in [2.24, 2.45) is 0 Å². The third-order valence-corrected chi connectivity index (χ3v) is 4.12. The SMILES string of the molecule is Cc1nnc(NCc2sccc2Br)nc1C. The number of nitrogens with zero attached hydrogens (tertiary/aromatic N) is 3. The van der Waals surface area contributed by atoms with E-state index in [4.69, 9.17) is 0 Å². The summed E-state index contributed by atoms with van der Waals surface area (Å²) in [5, 5.41) is 13.2. The monoisotopic (exact) mass is 298 g/mol. The van der Waals surface area contributed by atoms with Gasteiger partial charge in [-0.1, -0.05) is 0 Å². The normalized spacial score (nSPS) is 10.4. The number of hydrogen-bond donors (Lipinski definition) is 1. The second-order valence-electron chi connectivity index (χ2n) is 3.35. The zero-order chi connectivity index (χ0) is 11.5. The molecule has 0 fully saturated rings. The quantitative estimate of drug-likeness (QED) is 0.946. The number of halogens is 1. The zero-order valence-corrected chi connectivity index (χ0v) is 11.4. The molecule has 0 aliphatic carbocycles. The van der Waals surface area contributed by atoms with Crippen LogP contribution < -0.4 is 5.32 Å². The summed E-state index contributed by atoms with van der Waals surface area (Å²) in [7, 11) is 0. The molecule has 0 saturated heterocycles. The van der Waals surface area contributed by atoms with Crippen molar-refractivity contribution in [1.82, 2.24) is 15.2 Å². The van der Waals surface area contributed by atoms with Gasteiger partial charge in [0.25, 0.3) is 0 Å². The number of rotatable bonds is 3. The molecule has 0 aromatic carbocycles. The Labute approximate surface area is 106 Å². The molecule has 0 atom stereocenters. The fourth-order valence-corrected chi connectivity index (χ4v) is 2.57. The third kappa shape index (κ3) is 2.56. The molecule has 2 aromatic rings. The Morgan fingerprint density at radius 1 is 1.31 bits per heavy atom. The van der Waals surface area contributed by atoms with Crippen LogP contribution in [0.3, 0.4) is 0 Å². The second kappa shape index (κ2) is 4.88. The van der Waals surface area contributed by atoms with Gasteiger partial charge in [-0.3, -0.25) is 0 Å². The maximum atomic E-state index is 4.31. The van der Waals surface area contributed by atoms with Gasteiger partial charge in [-0.2, -0.15) is 5.10 Å². The van der Waals surface area contributed by atoms with Crippen LogP contribution in [-0.2, 0) is 6.54 Å². The molecule has 0 unspecified atom stereocenters. The van der Waals surface area contributed by atoms with Crippen LogP contribution in [0.15, 0.2) is 15.9 Å². The van der Waals surface area contributed by atoms with E-state index in [0.717, 1.165) is 15.9 Å². The van der Waals surface area contributed by atoms with E-state index in [9.17, 15) is 0 Å². The molecule has 0 aliphatic rings. The molecule has 84 valence electrons. The predicted molar refractivity (Wildman–Crippen MR) is 68.6 cm³/mol. The van der Waals surface area contributed by atoms with Crippen molar-refractivity contribution in [3.63, 3.8) is 0 Å². The Morgan fingerprint density at radius 2 is 2.12 bits per heavy atom. The predicted octanol–water partition coefficient (Wildman–Crippen LogP) is 2.92. The van der Waals surface area contributed by atoms with Gasteiger partial charge < -0.3 is 5.32 Å². The van der Waals surface area contributed by atoms with Gasteiger partial charge in [-0.25, -0.2) is 4.98 Å². The molecule has 0 radical (unpaired) electrons. The Balaban J connectivity index is 2.05. The minimum absolute atomic E-state index is 0.573. The van der Waals surface area contributed by atoms with Crippen molar-refractivity contribution in [3.05, 3.63) is 32.2 Å². The molecule has 2 heterocycles. The molecular weight excluding hydrogens is 288 g/mol. The van der Waals surface area contributed by atoms with E-state index in [2.05, 4.69) is 36.4 Å². The van der Waals surface area contributed by atoms with E-state index in [1.807, 2.05) is 25.3 Å². The van der Waals surface area contributed by atoms with Crippen molar-refractivity contribution in [3.8, 4) is 0 Å². The number of thiophene rings is 1. The zero-order valence-electron chi connectivity index (χ0n) is 8.99. The van der Waals surface area contributed by atoms with E-state index in [-0.39, 0.29) is 0 Å². The molecule has 1 N–H and O–H groups in total. The van der Waals surface area contributed by atoms with Crippen molar-refractivity contribution in [2.75, 3.05) is 5.32 Å². The van der Waals surface area contributed by atoms with Crippen molar-refractivity contribution in [1.29, 1.82) is 0 Å². The maximum Gasteiger partial charge on any atom is 0.243 e. The lowest BCUT2D eigenvalue weighted by Crippen LogP contribution is -2.06. The summed E-state index contributed by atoms with van der Waals surface area (Å²) in [5.41, 5.74) is 1.77. The molecule has 0 aliphatic heterocycles. The van der Waals surface area contributed by atoms with Crippen LogP contribution in [-0.4, -0.2) is 15.2 Å². The van der Waals surface area contributed by atoms with Gasteiger partial charge in [0.15, 0.2) is 0 Å². The topological polar surface area (TPSA) is 50.7 Å². The average Bonchev–Trinajstić information content (AvgIpc) is 2.66. The summed E-state index contributed by atoms with van der Waals surface area (Å²) in [6.07, 6.45) is 0. The molecule has 0 amide bonds. The van der Waals surface area contributed by atoms with Gasteiger partial charge >= 0.3 is 0 Å². The van der Waals surface area contributed by atoms with Crippen molar-refractivity contribution >= 4 is 33.2 Å². The first kappa shape index (κ1) is 11.5. The van der Waals surface area contributed by atoms with Crippen LogP contribution in [0.25, 0.3) is 0 Å². The molecule has 2 aromatic heterocycles. The fourth-order valence-electron chi connectivity index (χ4n) is 1.14. The van der Waals surface area contributed by atoms with Crippen LogP contribution in [0.1, 0.15) is 16.3 Å². The first-order valence-electron chi connectivity index (χ1n) is 4.80. The van der Waals surface area contributed by atoms with Gasteiger partial charge in [0, 0.05) is 9.35 Å². The van der Waals surface area contributed by atoms with Crippen LogP contribution in [0.2, 0.25) is 0 Å². The van der Waals surface area contributed by atoms with Crippen LogP contribution in [0.4, 0.5) is 5.95 Å². The molecule has 0 saturated carbocycles. The highest BCUT2D eigenvalue weighted by Gasteiger charge is 2.04. The lowest BCUT2D eigenvalue weighted by Gasteiger charge is -2.04. The van der Waals surface area contributed by atoms with Gasteiger partial charge in [-0.05, 0) is 41.2 Å². The average molecular weight is 299 g/mol. The van der Waals surface area contributed by atoms with E-state index >= 15 is 0 Å². The number of anilines is 1. The first-order valence-corrected chi connectivity index (χ1v) is 6.48. The van der Waals surface area contributed by atoms with Crippen LogP contribution >= 0.6 is 27.3 Å². The number of aryl methyl sites for hydroxylation is 2. The lowest BCUT2D eigenvalue weighted by molar-refractivity contribution is 0.887. The Hall–Kier alpha value is -1.01. The van der Waals surface area contributed by atoms with Crippen LogP contribution in [0.5, 0.6) is 0 Å². The lowest BCUT2D eigenvalue weighted by atomic mass is 10.4. The molecule has 6 heteroatoms. The van der Waals surface area contributed by atoms with Gasteiger partial charge in [0.05, 0.1) is 17.9 Å². The standard InChI is InChI=1S/C10H11BrN4S/c1-6-7(2)14-15-10(13-6)12-5-9-8(11)3-4-16-9/h3-4H,5H2,1-2H3,(H,12,13,15).